The van der Waals surface area contributed by atoms with Crippen LogP contribution in [0.15, 0.2) is 18.2 Å². The molecule has 1 heterocycles. The van der Waals surface area contributed by atoms with Crippen molar-refractivity contribution in [3.8, 4) is 0 Å². The van der Waals surface area contributed by atoms with E-state index in [1.54, 1.807) is 22.5 Å². The third kappa shape index (κ3) is 3.44. The molecule has 2 unspecified atom stereocenters. The van der Waals surface area contributed by atoms with Gasteiger partial charge in [0.15, 0.2) is 0 Å². The van der Waals surface area contributed by atoms with Crippen LogP contribution in [0.5, 0.6) is 0 Å². The molecule has 4 nitrogen and oxygen atoms in total. The van der Waals surface area contributed by atoms with Gasteiger partial charge in [0.1, 0.15) is 0 Å². The Morgan fingerprint density at radius 1 is 1.18 bits per heavy atom. The zero-order chi connectivity index (χ0) is 15.7. The second kappa shape index (κ2) is 6.65. The number of morpholine rings is 1. The summed E-state index contributed by atoms with van der Waals surface area (Å²) < 4.78 is 33.0. The van der Waals surface area contributed by atoms with E-state index in [9.17, 15) is 8.42 Å². The van der Waals surface area contributed by atoms with Crippen molar-refractivity contribution < 1.29 is 13.2 Å². The molecule has 2 aliphatic rings. The Balaban J connectivity index is 1.80. The van der Waals surface area contributed by atoms with Crippen LogP contribution in [0.25, 0.3) is 0 Å². The first kappa shape index (κ1) is 16.5. The maximum absolute atomic E-state index is 12.8. The van der Waals surface area contributed by atoms with Crippen LogP contribution in [-0.4, -0.2) is 38.0 Å². The third-order valence-electron chi connectivity index (χ3n) is 4.37. The minimum Gasteiger partial charge on any atom is -0.375 e. The number of fused-ring (bicyclic) bond motifs is 1. The molecule has 7 heteroatoms. The average molecular weight is 364 g/mol. The summed E-state index contributed by atoms with van der Waals surface area (Å²) >= 11 is 11.9. The van der Waals surface area contributed by atoms with E-state index in [4.69, 9.17) is 27.9 Å². The van der Waals surface area contributed by atoms with E-state index in [2.05, 4.69) is 0 Å². The fourth-order valence-corrected chi connectivity index (χ4v) is 5.42. The predicted octanol–water partition coefficient (Wildman–Crippen LogP) is 3.47. The first-order chi connectivity index (χ1) is 10.5. The second-order valence-corrected chi connectivity index (χ2v) is 8.61. The van der Waals surface area contributed by atoms with Crippen molar-refractivity contribution in [3.63, 3.8) is 0 Å². The lowest BCUT2D eigenvalue weighted by molar-refractivity contribution is -0.0586. The van der Waals surface area contributed by atoms with Crippen LogP contribution in [0.1, 0.15) is 31.2 Å². The highest BCUT2D eigenvalue weighted by Crippen LogP contribution is 2.31. The number of sulfonamides is 1. The largest absolute Gasteiger partial charge is 0.375 e. The molecule has 1 aliphatic heterocycles. The Hall–Kier alpha value is -0.330. The molecule has 1 aliphatic carbocycles. The standard InChI is InChI=1S/C15H19Cl2NO3S/c16-12-6-5-11(9-13(12)17)10-22(19,20)18-7-8-21-15-4-2-1-3-14(15)18/h5-6,9,14-15H,1-4,7-8,10H2. The Kier molecular flexibility index (Phi) is 5.00. The van der Waals surface area contributed by atoms with Gasteiger partial charge in [-0.15, -0.1) is 0 Å². The lowest BCUT2D eigenvalue weighted by Crippen LogP contribution is -2.54. The Bertz CT molecular complexity index is 648. The molecule has 1 saturated carbocycles. The highest BCUT2D eigenvalue weighted by molar-refractivity contribution is 7.88. The van der Waals surface area contributed by atoms with Gasteiger partial charge in [0, 0.05) is 6.54 Å². The molecule has 0 amide bonds. The number of nitrogens with zero attached hydrogens (tertiary/aromatic N) is 1. The molecule has 1 aromatic carbocycles. The summed E-state index contributed by atoms with van der Waals surface area (Å²) in [5.74, 6) is -0.0485. The maximum atomic E-state index is 12.8. The van der Waals surface area contributed by atoms with Gasteiger partial charge in [-0.1, -0.05) is 42.1 Å². The fraction of sp³-hybridized carbons (Fsp3) is 0.600. The van der Waals surface area contributed by atoms with Gasteiger partial charge in [0.05, 0.1) is 34.6 Å². The molecule has 2 atom stereocenters. The van der Waals surface area contributed by atoms with E-state index in [1.807, 2.05) is 0 Å². The smallest absolute Gasteiger partial charge is 0.218 e. The van der Waals surface area contributed by atoms with Gasteiger partial charge in [0.25, 0.3) is 0 Å². The molecule has 122 valence electrons. The van der Waals surface area contributed by atoms with Crippen molar-refractivity contribution in [1.82, 2.24) is 4.31 Å². The highest BCUT2D eigenvalue weighted by Gasteiger charge is 2.40. The molecule has 2 fully saturated rings. The average Bonchev–Trinajstić information content (AvgIpc) is 2.50. The van der Waals surface area contributed by atoms with Crippen LogP contribution in [-0.2, 0) is 20.5 Å². The van der Waals surface area contributed by atoms with Crippen molar-refractivity contribution in [2.75, 3.05) is 13.2 Å². The van der Waals surface area contributed by atoms with Crippen molar-refractivity contribution in [2.24, 2.45) is 0 Å². The van der Waals surface area contributed by atoms with E-state index in [0.29, 0.717) is 28.8 Å². The van der Waals surface area contributed by atoms with Crippen LogP contribution in [0.4, 0.5) is 0 Å². The number of hydrogen-bond donors (Lipinski definition) is 0. The number of rotatable bonds is 3. The summed E-state index contributed by atoms with van der Waals surface area (Å²) in [7, 11) is -3.38. The van der Waals surface area contributed by atoms with E-state index in [1.165, 1.54) is 0 Å². The minimum absolute atomic E-state index is 0.0183. The molecule has 0 N–H and O–H groups in total. The molecule has 0 bridgehead atoms. The maximum Gasteiger partial charge on any atom is 0.218 e. The Labute approximate surface area is 141 Å². The van der Waals surface area contributed by atoms with Crippen LogP contribution in [0, 0.1) is 0 Å². The second-order valence-electron chi connectivity index (χ2n) is 5.88. The highest BCUT2D eigenvalue weighted by atomic mass is 35.5. The van der Waals surface area contributed by atoms with E-state index in [-0.39, 0.29) is 17.9 Å². The van der Waals surface area contributed by atoms with Crippen LogP contribution >= 0.6 is 23.2 Å². The molecule has 22 heavy (non-hydrogen) atoms. The molecule has 0 radical (unpaired) electrons. The zero-order valence-electron chi connectivity index (χ0n) is 12.2. The molecular formula is C15H19Cl2NO3S. The third-order valence-corrected chi connectivity index (χ3v) is 6.98. The van der Waals surface area contributed by atoms with E-state index < -0.39 is 10.0 Å². The predicted molar refractivity (Wildman–Crippen MR) is 87.8 cm³/mol. The molecule has 0 aromatic heterocycles. The quantitative estimate of drug-likeness (QED) is 0.825. The zero-order valence-corrected chi connectivity index (χ0v) is 14.5. The van der Waals surface area contributed by atoms with Crippen LogP contribution in [0.2, 0.25) is 10.0 Å². The first-order valence-electron chi connectivity index (χ1n) is 7.52. The van der Waals surface area contributed by atoms with Gasteiger partial charge in [-0.2, -0.15) is 4.31 Å². The van der Waals surface area contributed by atoms with E-state index >= 15 is 0 Å². The van der Waals surface area contributed by atoms with Crippen molar-refractivity contribution >= 4 is 33.2 Å². The summed E-state index contributed by atoms with van der Waals surface area (Å²) in [6.45, 7) is 0.909. The Morgan fingerprint density at radius 2 is 1.95 bits per heavy atom. The van der Waals surface area contributed by atoms with Crippen molar-refractivity contribution in [1.29, 1.82) is 0 Å². The Morgan fingerprint density at radius 3 is 2.73 bits per heavy atom. The lowest BCUT2D eigenvalue weighted by atomic mass is 9.91. The number of benzene rings is 1. The summed E-state index contributed by atoms with van der Waals surface area (Å²) in [6.07, 6.45) is 4.05. The number of hydrogen-bond acceptors (Lipinski definition) is 3. The molecule has 0 spiro atoms. The van der Waals surface area contributed by atoms with Gasteiger partial charge in [-0.05, 0) is 30.5 Å². The van der Waals surface area contributed by atoms with E-state index in [0.717, 1.165) is 25.7 Å². The van der Waals surface area contributed by atoms with Gasteiger partial charge in [-0.3, -0.25) is 0 Å². The monoisotopic (exact) mass is 363 g/mol. The molecule has 1 saturated heterocycles. The topological polar surface area (TPSA) is 46.6 Å². The molecule has 1 aromatic rings. The number of halogens is 2. The van der Waals surface area contributed by atoms with Gasteiger partial charge >= 0.3 is 0 Å². The summed E-state index contributed by atoms with van der Waals surface area (Å²) in [5, 5.41) is 0.813. The molecule has 3 rings (SSSR count). The van der Waals surface area contributed by atoms with Crippen LogP contribution in [0.3, 0.4) is 0 Å². The van der Waals surface area contributed by atoms with Gasteiger partial charge in [-0.25, -0.2) is 8.42 Å². The summed E-state index contributed by atoms with van der Waals surface area (Å²) in [4.78, 5) is 0. The normalized spacial score (nSPS) is 26.6. The van der Waals surface area contributed by atoms with Crippen LogP contribution < -0.4 is 0 Å². The first-order valence-corrected chi connectivity index (χ1v) is 9.89. The number of ether oxygens (including phenoxy) is 1. The lowest BCUT2D eigenvalue weighted by Gasteiger charge is -2.42. The SMILES string of the molecule is O=S(=O)(Cc1ccc(Cl)c(Cl)c1)N1CCOC2CCCCC21. The van der Waals surface area contributed by atoms with Gasteiger partial charge < -0.3 is 4.74 Å². The summed E-state index contributed by atoms with van der Waals surface area (Å²) in [5.41, 5.74) is 0.660. The molecular weight excluding hydrogens is 345 g/mol. The van der Waals surface area contributed by atoms with Crippen molar-refractivity contribution in [3.05, 3.63) is 33.8 Å². The minimum atomic E-state index is -3.38. The van der Waals surface area contributed by atoms with Crippen molar-refractivity contribution in [2.45, 2.75) is 43.6 Å². The fourth-order valence-electron chi connectivity index (χ4n) is 3.33. The summed E-state index contributed by atoms with van der Waals surface area (Å²) in [6, 6.07) is 4.96. The van der Waals surface area contributed by atoms with Gasteiger partial charge in [0.2, 0.25) is 10.0 Å².